The molecule has 2 aliphatic rings. The number of hydrogen-bond acceptors (Lipinski definition) is 5. The van der Waals surface area contributed by atoms with Crippen LogP contribution in [0.2, 0.25) is 0 Å². The third kappa shape index (κ3) is 6.34. The maximum atomic E-state index is 15.3. The molecule has 1 N–H and O–H groups in total. The van der Waals surface area contributed by atoms with Gasteiger partial charge >= 0.3 is 6.18 Å². The first-order valence-electron chi connectivity index (χ1n) is 14.3. The number of aromatic nitrogens is 3. The fourth-order valence-corrected chi connectivity index (χ4v) is 5.77. The number of benzene rings is 2. The van der Waals surface area contributed by atoms with Gasteiger partial charge in [-0.3, -0.25) is 0 Å². The van der Waals surface area contributed by atoms with E-state index in [2.05, 4.69) is 15.4 Å². The number of piperidine rings is 1. The summed E-state index contributed by atoms with van der Waals surface area (Å²) in [5, 5.41) is 7.62. The topological polar surface area (TPSA) is 61.2 Å². The Balaban J connectivity index is 1.47. The number of nitrogens with zero attached hydrogens (tertiary/aromatic N) is 3. The summed E-state index contributed by atoms with van der Waals surface area (Å²) in [5.74, 6) is -0.292. The molecule has 10 heteroatoms. The molecule has 42 heavy (non-hydrogen) atoms. The van der Waals surface area contributed by atoms with Crippen LogP contribution in [0.25, 0.3) is 22.0 Å². The van der Waals surface area contributed by atoms with Crippen molar-refractivity contribution in [3.05, 3.63) is 89.5 Å². The van der Waals surface area contributed by atoms with E-state index in [0.29, 0.717) is 53.2 Å². The lowest BCUT2D eigenvalue weighted by Gasteiger charge is -2.24. The van der Waals surface area contributed by atoms with E-state index in [1.165, 1.54) is 6.20 Å². The number of ether oxygens (including phenoxy) is 2. The van der Waals surface area contributed by atoms with Crippen LogP contribution in [-0.4, -0.2) is 46.7 Å². The van der Waals surface area contributed by atoms with E-state index < -0.39 is 18.5 Å². The lowest BCUT2D eigenvalue weighted by Crippen LogP contribution is -2.37. The van der Waals surface area contributed by atoms with Crippen molar-refractivity contribution in [2.24, 2.45) is 0 Å². The molecule has 220 valence electrons. The molecule has 0 radical (unpaired) electrons. The van der Waals surface area contributed by atoms with Crippen LogP contribution in [0.5, 0.6) is 5.88 Å². The molecule has 0 amide bonds. The Morgan fingerprint density at radius 1 is 0.976 bits per heavy atom. The number of nitrogens with one attached hydrogen (secondary N) is 1. The minimum absolute atomic E-state index is 0.0210. The van der Waals surface area contributed by atoms with Gasteiger partial charge in [0.1, 0.15) is 6.10 Å². The van der Waals surface area contributed by atoms with Gasteiger partial charge in [-0.2, -0.15) is 17.6 Å². The zero-order valence-corrected chi connectivity index (χ0v) is 23.0. The second-order valence-electron chi connectivity index (χ2n) is 10.8. The molecule has 1 unspecified atom stereocenters. The summed E-state index contributed by atoms with van der Waals surface area (Å²) in [7, 11) is 0. The third-order valence-electron chi connectivity index (χ3n) is 7.74. The SMILES string of the molecule is Fc1nn(C2CCCCO2)c2ccc(/C(=C(\CC(F)(F)F)c3ccccc3)c3ccc(O[C@@H]4CCCNC4)nc3)cc12. The van der Waals surface area contributed by atoms with E-state index in [0.717, 1.165) is 32.2 Å². The average Bonchev–Trinajstić information content (AvgIpc) is 3.34. The van der Waals surface area contributed by atoms with Crippen LogP contribution in [0.3, 0.4) is 0 Å². The molecule has 0 spiro atoms. The number of hydrogen-bond donors (Lipinski definition) is 1. The number of pyridine rings is 1. The smallest absolute Gasteiger partial charge is 0.393 e. The molecule has 0 bridgehead atoms. The summed E-state index contributed by atoms with van der Waals surface area (Å²) >= 11 is 0. The van der Waals surface area contributed by atoms with Crippen LogP contribution in [0.15, 0.2) is 66.9 Å². The zero-order chi connectivity index (χ0) is 29.1. The van der Waals surface area contributed by atoms with Crippen LogP contribution in [0.1, 0.15) is 61.4 Å². The largest absolute Gasteiger partial charge is 0.473 e. The Labute approximate surface area is 241 Å². The predicted octanol–water partition coefficient (Wildman–Crippen LogP) is 7.31. The quantitative estimate of drug-likeness (QED) is 0.184. The van der Waals surface area contributed by atoms with Gasteiger partial charge in [-0.15, -0.1) is 5.10 Å². The standard InChI is InChI=1S/C32H32F4N4O2/c33-31-25-17-22(11-13-27(25)40(39-31)29-10-4-5-16-41-29)30(26(18-32(34,35)36)21-7-2-1-3-8-21)23-12-14-28(38-19-23)42-24-9-6-15-37-20-24/h1-3,7-8,11-14,17,19,24,29,37H,4-6,9-10,15-16,18,20H2/b30-26-/t24-,29?/m1/s1. The van der Waals surface area contributed by atoms with E-state index in [1.54, 1.807) is 65.3 Å². The minimum Gasteiger partial charge on any atom is -0.473 e. The van der Waals surface area contributed by atoms with Crippen molar-refractivity contribution < 1.29 is 27.0 Å². The third-order valence-corrected chi connectivity index (χ3v) is 7.74. The van der Waals surface area contributed by atoms with Crippen molar-refractivity contribution in [3.63, 3.8) is 0 Å². The van der Waals surface area contributed by atoms with Crippen molar-refractivity contribution in [1.29, 1.82) is 0 Å². The lowest BCUT2D eigenvalue weighted by molar-refractivity contribution is -0.122. The summed E-state index contributed by atoms with van der Waals surface area (Å²) in [6, 6.07) is 16.9. The van der Waals surface area contributed by atoms with Gasteiger partial charge in [0.05, 0.1) is 17.3 Å². The Hall–Kier alpha value is -3.76. The molecule has 2 fully saturated rings. The summed E-state index contributed by atoms with van der Waals surface area (Å²) in [5.41, 5.74) is 2.24. The number of halogens is 4. The number of rotatable bonds is 7. The fraction of sp³-hybridized carbons (Fsp3) is 0.375. The van der Waals surface area contributed by atoms with E-state index in [9.17, 15) is 13.2 Å². The minimum atomic E-state index is -4.49. The monoisotopic (exact) mass is 580 g/mol. The van der Waals surface area contributed by atoms with Gasteiger partial charge < -0.3 is 14.8 Å². The van der Waals surface area contributed by atoms with Crippen molar-refractivity contribution in [2.75, 3.05) is 19.7 Å². The molecule has 6 rings (SSSR count). The normalized spacial score (nSPS) is 20.4. The molecule has 0 saturated carbocycles. The van der Waals surface area contributed by atoms with Crippen molar-refractivity contribution >= 4 is 22.0 Å². The Morgan fingerprint density at radius 2 is 1.81 bits per heavy atom. The van der Waals surface area contributed by atoms with Gasteiger partial charge in [0.25, 0.3) is 0 Å². The molecular weight excluding hydrogens is 548 g/mol. The molecule has 2 atom stereocenters. The van der Waals surface area contributed by atoms with Crippen molar-refractivity contribution in [2.45, 2.75) is 57.0 Å². The molecular formula is C32H32F4N4O2. The van der Waals surface area contributed by atoms with E-state index >= 15 is 4.39 Å². The molecule has 0 aliphatic carbocycles. The average molecular weight is 581 g/mol. The summed E-state index contributed by atoms with van der Waals surface area (Å²) in [4.78, 5) is 4.46. The van der Waals surface area contributed by atoms with Crippen LogP contribution in [0, 0.1) is 5.95 Å². The van der Waals surface area contributed by atoms with Gasteiger partial charge in [0, 0.05) is 31.0 Å². The van der Waals surface area contributed by atoms with Gasteiger partial charge in [0.2, 0.25) is 11.8 Å². The maximum Gasteiger partial charge on any atom is 0.393 e. The van der Waals surface area contributed by atoms with Gasteiger partial charge in [0.15, 0.2) is 6.23 Å². The van der Waals surface area contributed by atoms with Crippen LogP contribution in [-0.2, 0) is 4.74 Å². The van der Waals surface area contributed by atoms with Crippen molar-refractivity contribution in [3.8, 4) is 5.88 Å². The van der Waals surface area contributed by atoms with Crippen molar-refractivity contribution in [1.82, 2.24) is 20.1 Å². The highest BCUT2D eigenvalue weighted by atomic mass is 19.4. The van der Waals surface area contributed by atoms with Gasteiger partial charge in [-0.1, -0.05) is 36.4 Å². The number of fused-ring (bicyclic) bond motifs is 1. The number of alkyl halides is 3. The van der Waals surface area contributed by atoms with Gasteiger partial charge in [-0.25, -0.2) is 9.67 Å². The Morgan fingerprint density at radius 3 is 2.50 bits per heavy atom. The molecule has 4 heterocycles. The van der Waals surface area contributed by atoms with Crippen LogP contribution < -0.4 is 10.1 Å². The fourth-order valence-electron chi connectivity index (χ4n) is 5.77. The Bertz CT molecular complexity index is 1540. The van der Waals surface area contributed by atoms with E-state index in [1.807, 2.05) is 0 Å². The molecule has 2 saturated heterocycles. The molecule has 4 aromatic rings. The van der Waals surface area contributed by atoms with Crippen LogP contribution >= 0.6 is 0 Å². The first-order valence-corrected chi connectivity index (χ1v) is 14.3. The predicted molar refractivity (Wildman–Crippen MR) is 152 cm³/mol. The first-order chi connectivity index (χ1) is 20.4. The highest BCUT2D eigenvalue weighted by Gasteiger charge is 2.32. The highest BCUT2D eigenvalue weighted by Crippen LogP contribution is 2.40. The maximum absolute atomic E-state index is 15.3. The molecule has 6 nitrogen and oxygen atoms in total. The zero-order valence-electron chi connectivity index (χ0n) is 23.0. The van der Waals surface area contributed by atoms with Gasteiger partial charge in [-0.05, 0) is 79.1 Å². The van der Waals surface area contributed by atoms with E-state index in [-0.39, 0.29) is 23.3 Å². The number of allylic oxidation sites excluding steroid dienone is 1. The first kappa shape index (κ1) is 28.4. The lowest BCUT2D eigenvalue weighted by atomic mass is 9.88. The molecule has 2 aromatic carbocycles. The summed E-state index contributed by atoms with van der Waals surface area (Å²) in [6.45, 7) is 2.23. The second kappa shape index (κ2) is 12.2. The van der Waals surface area contributed by atoms with Crippen LogP contribution in [0.4, 0.5) is 17.6 Å². The summed E-state index contributed by atoms with van der Waals surface area (Å²) in [6.07, 6.45) is -0.0438. The van der Waals surface area contributed by atoms with E-state index in [4.69, 9.17) is 9.47 Å². The summed E-state index contributed by atoms with van der Waals surface area (Å²) < 4.78 is 70.9. The Kier molecular flexibility index (Phi) is 8.26. The second-order valence-corrected chi connectivity index (χ2v) is 10.8. The molecule has 2 aromatic heterocycles. The molecule has 2 aliphatic heterocycles. The highest BCUT2D eigenvalue weighted by molar-refractivity contribution is 6.00.